The summed E-state index contributed by atoms with van der Waals surface area (Å²) in [7, 11) is -3.49. The lowest BCUT2D eigenvalue weighted by molar-refractivity contribution is 0.0936. The first-order valence-electron chi connectivity index (χ1n) is 6.75. The first-order valence-corrected chi connectivity index (χ1v) is 9.40. The highest BCUT2D eigenvalue weighted by Crippen LogP contribution is 2.26. The van der Waals surface area contributed by atoms with Gasteiger partial charge in [-0.15, -0.1) is 0 Å². The minimum absolute atomic E-state index is 0.00108. The van der Waals surface area contributed by atoms with Crippen LogP contribution >= 0.6 is 23.2 Å². The third-order valence-electron chi connectivity index (χ3n) is 3.32. The molecule has 0 heterocycles. The van der Waals surface area contributed by atoms with Gasteiger partial charge in [-0.2, -0.15) is 0 Å². The van der Waals surface area contributed by atoms with E-state index in [4.69, 9.17) is 23.2 Å². The first kappa shape index (κ1) is 17.8. The molecule has 0 spiro atoms. The fraction of sp³-hybridized carbons (Fsp3) is 0.188. The standard InChI is InChI=1S/C16H15Cl2NO3S/c1-10(11-7-8-13(17)14(18)9-11)19-16(20)12-5-3-4-6-15(12)23(2,21)22/h3-10H,1-2H3,(H,19,20)/t10-/m0/s1. The van der Waals surface area contributed by atoms with Crippen LogP contribution < -0.4 is 5.32 Å². The number of nitrogens with one attached hydrogen (secondary N) is 1. The monoisotopic (exact) mass is 371 g/mol. The molecule has 0 radical (unpaired) electrons. The van der Waals surface area contributed by atoms with Gasteiger partial charge >= 0.3 is 0 Å². The van der Waals surface area contributed by atoms with Crippen molar-refractivity contribution in [2.75, 3.05) is 6.26 Å². The number of hydrogen-bond donors (Lipinski definition) is 1. The zero-order chi connectivity index (χ0) is 17.2. The van der Waals surface area contributed by atoms with E-state index in [9.17, 15) is 13.2 Å². The molecule has 0 aliphatic heterocycles. The second kappa shape index (κ2) is 6.91. The molecule has 0 bridgehead atoms. The number of halogens is 2. The minimum Gasteiger partial charge on any atom is -0.345 e. The third kappa shape index (κ3) is 4.25. The van der Waals surface area contributed by atoms with E-state index < -0.39 is 15.7 Å². The maximum absolute atomic E-state index is 12.4. The van der Waals surface area contributed by atoms with Crippen LogP contribution in [0.15, 0.2) is 47.4 Å². The van der Waals surface area contributed by atoms with Gasteiger partial charge in [0.05, 0.1) is 26.5 Å². The summed E-state index contributed by atoms with van der Waals surface area (Å²) in [5.74, 6) is -0.468. The lowest BCUT2D eigenvalue weighted by atomic mass is 10.1. The Morgan fingerprint density at radius 3 is 2.35 bits per heavy atom. The lowest BCUT2D eigenvalue weighted by Crippen LogP contribution is -2.28. The Morgan fingerprint density at radius 1 is 1.09 bits per heavy atom. The summed E-state index contributed by atoms with van der Waals surface area (Å²) in [6, 6.07) is 10.8. The van der Waals surface area contributed by atoms with Gasteiger partial charge in [0, 0.05) is 6.26 Å². The fourth-order valence-electron chi connectivity index (χ4n) is 2.12. The first-order chi connectivity index (χ1) is 10.7. The summed E-state index contributed by atoms with van der Waals surface area (Å²) in [5.41, 5.74) is 0.881. The van der Waals surface area contributed by atoms with Crippen molar-refractivity contribution in [2.45, 2.75) is 17.9 Å². The lowest BCUT2D eigenvalue weighted by Gasteiger charge is -2.16. The Balaban J connectivity index is 2.27. The highest BCUT2D eigenvalue weighted by atomic mass is 35.5. The Labute approximate surface area is 145 Å². The van der Waals surface area contributed by atoms with Gasteiger partial charge in [-0.1, -0.05) is 41.4 Å². The van der Waals surface area contributed by atoms with Gasteiger partial charge in [-0.3, -0.25) is 4.79 Å². The predicted octanol–water partition coefficient (Wildman–Crippen LogP) is 3.89. The van der Waals surface area contributed by atoms with E-state index in [1.165, 1.54) is 12.1 Å². The number of carbonyl (C=O) groups excluding carboxylic acids is 1. The van der Waals surface area contributed by atoms with E-state index in [0.29, 0.717) is 10.0 Å². The van der Waals surface area contributed by atoms with Gasteiger partial charge < -0.3 is 5.32 Å². The van der Waals surface area contributed by atoms with Gasteiger partial charge in [0.1, 0.15) is 0 Å². The molecule has 1 atom stereocenters. The molecule has 122 valence electrons. The van der Waals surface area contributed by atoms with Crippen LogP contribution in [0.3, 0.4) is 0 Å². The van der Waals surface area contributed by atoms with E-state index in [2.05, 4.69) is 5.32 Å². The maximum Gasteiger partial charge on any atom is 0.253 e. The molecule has 23 heavy (non-hydrogen) atoms. The van der Waals surface area contributed by atoms with Crippen LogP contribution in [0.2, 0.25) is 10.0 Å². The van der Waals surface area contributed by atoms with Gasteiger partial charge in [0.2, 0.25) is 0 Å². The molecular weight excluding hydrogens is 357 g/mol. The second-order valence-electron chi connectivity index (χ2n) is 5.14. The maximum atomic E-state index is 12.4. The summed E-state index contributed by atoms with van der Waals surface area (Å²) in [6.07, 6.45) is 1.07. The third-order valence-corrected chi connectivity index (χ3v) is 5.22. The molecule has 2 rings (SSSR count). The van der Waals surface area contributed by atoms with Crippen molar-refractivity contribution in [1.29, 1.82) is 0 Å². The van der Waals surface area contributed by atoms with Gasteiger partial charge in [0.25, 0.3) is 5.91 Å². The van der Waals surface area contributed by atoms with Crippen molar-refractivity contribution in [3.8, 4) is 0 Å². The molecule has 0 aliphatic rings. The van der Waals surface area contributed by atoms with E-state index in [1.54, 1.807) is 37.3 Å². The molecule has 0 fully saturated rings. The number of amides is 1. The Kier molecular flexibility index (Phi) is 5.34. The van der Waals surface area contributed by atoms with Crippen molar-refractivity contribution in [3.63, 3.8) is 0 Å². The molecule has 2 aromatic carbocycles. The van der Waals surface area contributed by atoms with Crippen molar-refractivity contribution in [3.05, 3.63) is 63.6 Å². The number of rotatable bonds is 4. The minimum atomic E-state index is -3.49. The van der Waals surface area contributed by atoms with Gasteiger partial charge in [0.15, 0.2) is 9.84 Å². The van der Waals surface area contributed by atoms with Crippen LogP contribution in [0.1, 0.15) is 28.9 Å². The highest BCUT2D eigenvalue weighted by Gasteiger charge is 2.20. The quantitative estimate of drug-likeness (QED) is 0.886. The molecule has 1 amide bonds. The van der Waals surface area contributed by atoms with Crippen LogP contribution in [-0.2, 0) is 9.84 Å². The zero-order valence-electron chi connectivity index (χ0n) is 12.5. The molecule has 7 heteroatoms. The number of hydrogen-bond acceptors (Lipinski definition) is 3. The van der Waals surface area contributed by atoms with Gasteiger partial charge in [-0.05, 0) is 36.8 Å². The van der Waals surface area contributed by atoms with Crippen LogP contribution in [0.5, 0.6) is 0 Å². The number of sulfone groups is 1. The average molecular weight is 372 g/mol. The topological polar surface area (TPSA) is 63.2 Å². The van der Waals surface area contributed by atoms with E-state index in [1.807, 2.05) is 0 Å². The molecule has 1 N–H and O–H groups in total. The normalized spacial score (nSPS) is 12.7. The second-order valence-corrected chi connectivity index (χ2v) is 7.94. The summed E-state index contributed by atoms with van der Waals surface area (Å²) in [6.45, 7) is 1.78. The van der Waals surface area contributed by atoms with Crippen LogP contribution in [0.25, 0.3) is 0 Å². The smallest absolute Gasteiger partial charge is 0.253 e. The van der Waals surface area contributed by atoms with E-state index in [0.717, 1.165) is 11.8 Å². The molecule has 4 nitrogen and oxygen atoms in total. The Hall–Kier alpha value is -1.56. The highest BCUT2D eigenvalue weighted by molar-refractivity contribution is 7.90. The molecule has 0 aliphatic carbocycles. The summed E-state index contributed by atoms with van der Waals surface area (Å²) >= 11 is 11.8. The molecule has 0 unspecified atom stereocenters. The predicted molar refractivity (Wildman–Crippen MR) is 91.9 cm³/mol. The van der Waals surface area contributed by atoms with Crippen LogP contribution in [0, 0.1) is 0 Å². The summed E-state index contributed by atoms with van der Waals surface area (Å²) in [4.78, 5) is 12.4. The molecular formula is C16H15Cl2NO3S. The number of benzene rings is 2. The Bertz CT molecular complexity index is 850. The van der Waals surface area contributed by atoms with E-state index in [-0.39, 0.29) is 16.5 Å². The van der Waals surface area contributed by atoms with Crippen molar-refractivity contribution in [1.82, 2.24) is 5.32 Å². The fourth-order valence-corrected chi connectivity index (χ4v) is 3.31. The molecule has 0 aromatic heterocycles. The summed E-state index contributed by atoms with van der Waals surface area (Å²) in [5, 5.41) is 3.58. The Morgan fingerprint density at radius 2 is 1.74 bits per heavy atom. The van der Waals surface area contributed by atoms with E-state index >= 15 is 0 Å². The van der Waals surface area contributed by atoms with Crippen LogP contribution in [0.4, 0.5) is 0 Å². The number of carbonyl (C=O) groups is 1. The zero-order valence-corrected chi connectivity index (χ0v) is 14.8. The average Bonchev–Trinajstić information content (AvgIpc) is 2.49. The molecule has 2 aromatic rings. The van der Waals surface area contributed by atoms with Crippen molar-refractivity contribution >= 4 is 38.9 Å². The molecule has 0 saturated carbocycles. The largest absolute Gasteiger partial charge is 0.345 e. The van der Waals surface area contributed by atoms with Crippen molar-refractivity contribution in [2.24, 2.45) is 0 Å². The van der Waals surface area contributed by atoms with Crippen LogP contribution in [-0.4, -0.2) is 20.6 Å². The SMILES string of the molecule is C[C@H](NC(=O)c1ccccc1S(C)(=O)=O)c1ccc(Cl)c(Cl)c1. The van der Waals surface area contributed by atoms with Gasteiger partial charge in [-0.25, -0.2) is 8.42 Å². The molecule has 0 saturated heterocycles. The summed E-state index contributed by atoms with van der Waals surface area (Å²) < 4.78 is 23.6. The van der Waals surface area contributed by atoms with Crippen molar-refractivity contribution < 1.29 is 13.2 Å².